The van der Waals surface area contributed by atoms with Gasteiger partial charge in [-0.2, -0.15) is 5.10 Å². The third-order valence-electron chi connectivity index (χ3n) is 5.46. The molecular formula is C18H30N4O2. The van der Waals surface area contributed by atoms with Crippen molar-refractivity contribution in [1.29, 1.82) is 0 Å². The van der Waals surface area contributed by atoms with E-state index in [0.29, 0.717) is 12.0 Å². The Hall–Kier alpha value is -1.40. The summed E-state index contributed by atoms with van der Waals surface area (Å²) >= 11 is 0. The van der Waals surface area contributed by atoms with Crippen LogP contribution in [-0.2, 0) is 9.53 Å². The highest BCUT2D eigenvalue weighted by Crippen LogP contribution is 2.32. The minimum Gasteiger partial charge on any atom is -0.384 e. The zero-order valence-electron chi connectivity index (χ0n) is 15.1. The number of carbonyl (C=O) groups is 1. The smallest absolute Gasteiger partial charge is 0.228 e. The van der Waals surface area contributed by atoms with E-state index in [1.165, 1.54) is 0 Å². The van der Waals surface area contributed by atoms with Crippen molar-refractivity contribution in [3.8, 4) is 0 Å². The largest absolute Gasteiger partial charge is 0.384 e. The van der Waals surface area contributed by atoms with E-state index in [2.05, 4.69) is 22.4 Å². The van der Waals surface area contributed by atoms with Crippen LogP contribution >= 0.6 is 0 Å². The number of aryl methyl sites for hydroxylation is 1. The number of ether oxygens (including phenoxy) is 1. The van der Waals surface area contributed by atoms with Gasteiger partial charge in [-0.1, -0.05) is 0 Å². The molecule has 0 spiro atoms. The number of anilines is 1. The molecular weight excluding hydrogens is 304 g/mol. The van der Waals surface area contributed by atoms with Crippen LogP contribution in [0, 0.1) is 18.8 Å². The minimum absolute atomic E-state index is 0.103. The van der Waals surface area contributed by atoms with Gasteiger partial charge >= 0.3 is 0 Å². The molecule has 2 atom stereocenters. The predicted octanol–water partition coefficient (Wildman–Crippen LogP) is 2.46. The van der Waals surface area contributed by atoms with Gasteiger partial charge in [0.15, 0.2) is 0 Å². The number of rotatable bonds is 5. The van der Waals surface area contributed by atoms with Gasteiger partial charge in [0.05, 0.1) is 11.7 Å². The Labute approximate surface area is 144 Å². The summed E-state index contributed by atoms with van der Waals surface area (Å²) in [4.78, 5) is 15.0. The molecule has 24 heavy (non-hydrogen) atoms. The van der Waals surface area contributed by atoms with Crippen LogP contribution in [0.15, 0.2) is 6.07 Å². The zero-order valence-corrected chi connectivity index (χ0v) is 15.1. The average molecular weight is 334 g/mol. The van der Waals surface area contributed by atoms with Crippen molar-refractivity contribution in [3.63, 3.8) is 0 Å². The van der Waals surface area contributed by atoms with E-state index in [1.807, 2.05) is 17.7 Å². The lowest BCUT2D eigenvalue weighted by atomic mass is 10.0. The lowest BCUT2D eigenvalue weighted by Gasteiger charge is -2.30. The van der Waals surface area contributed by atoms with Crippen LogP contribution in [0.25, 0.3) is 0 Å². The zero-order chi connectivity index (χ0) is 17.1. The molecule has 0 bridgehead atoms. The van der Waals surface area contributed by atoms with Crippen molar-refractivity contribution in [2.24, 2.45) is 11.8 Å². The second-order valence-corrected chi connectivity index (χ2v) is 7.47. The Morgan fingerprint density at radius 3 is 2.79 bits per heavy atom. The summed E-state index contributed by atoms with van der Waals surface area (Å²) < 4.78 is 7.28. The predicted molar refractivity (Wildman–Crippen MR) is 94.1 cm³/mol. The summed E-state index contributed by atoms with van der Waals surface area (Å²) in [6, 6.07) is 2.38. The van der Waals surface area contributed by atoms with Gasteiger partial charge < -0.3 is 15.0 Å². The quantitative estimate of drug-likeness (QED) is 0.898. The first-order valence-corrected chi connectivity index (χ1v) is 9.11. The molecule has 2 aliphatic rings. The molecule has 1 aliphatic heterocycles. The number of nitrogens with zero attached hydrogens (tertiary/aromatic N) is 3. The van der Waals surface area contributed by atoms with Crippen molar-refractivity contribution in [2.75, 3.05) is 39.2 Å². The second kappa shape index (κ2) is 7.66. The van der Waals surface area contributed by atoms with Crippen molar-refractivity contribution < 1.29 is 9.53 Å². The summed E-state index contributed by atoms with van der Waals surface area (Å²) in [6.07, 6.45) is 5.14. The number of likely N-dealkylation sites (tertiary alicyclic amines) is 1. The van der Waals surface area contributed by atoms with E-state index in [1.54, 1.807) is 7.11 Å². The summed E-state index contributed by atoms with van der Waals surface area (Å²) in [5.41, 5.74) is 0.966. The molecule has 3 rings (SSSR count). The van der Waals surface area contributed by atoms with E-state index in [4.69, 9.17) is 4.74 Å². The van der Waals surface area contributed by atoms with Gasteiger partial charge in [0.2, 0.25) is 5.91 Å². The molecule has 6 heteroatoms. The lowest BCUT2D eigenvalue weighted by molar-refractivity contribution is -0.119. The molecule has 1 aliphatic carbocycles. The number of hydrogen-bond donors (Lipinski definition) is 1. The van der Waals surface area contributed by atoms with Crippen LogP contribution in [0.2, 0.25) is 0 Å². The van der Waals surface area contributed by atoms with Crippen molar-refractivity contribution in [1.82, 2.24) is 14.7 Å². The Morgan fingerprint density at radius 1 is 1.33 bits per heavy atom. The molecule has 2 fully saturated rings. The molecule has 134 valence electrons. The molecule has 1 saturated heterocycles. The molecule has 0 radical (unpaired) electrons. The molecule has 0 unspecified atom stereocenters. The third kappa shape index (κ3) is 3.98. The minimum atomic E-state index is 0.103. The van der Waals surface area contributed by atoms with Crippen LogP contribution in [-0.4, -0.2) is 54.4 Å². The fourth-order valence-corrected chi connectivity index (χ4v) is 4.06. The fourth-order valence-electron chi connectivity index (χ4n) is 4.06. The highest BCUT2D eigenvalue weighted by Gasteiger charge is 2.31. The van der Waals surface area contributed by atoms with Gasteiger partial charge in [-0.05, 0) is 65.1 Å². The molecule has 1 aromatic heterocycles. The number of aromatic nitrogens is 2. The van der Waals surface area contributed by atoms with Crippen LogP contribution in [0.5, 0.6) is 0 Å². The summed E-state index contributed by atoms with van der Waals surface area (Å²) in [7, 11) is 3.89. The Balaban J connectivity index is 1.64. The van der Waals surface area contributed by atoms with Gasteiger partial charge in [0.25, 0.3) is 0 Å². The normalized spacial score (nSPS) is 26.0. The Kier molecular flexibility index (Phi) is 5.56. The number of piperidine rings is 1. The molecule has 1 N–H and O–H groups in total. The highest BCUT2D eigenvalue weighted by molar-refractivity contribution is 5.92. The fraction of sp³-hybridized carbons (Fsp3) is 0.778. The summed E-state index contributed by atoms with van der Waals surface area (Å²) in [5, 5.41) is 7.80. The first-order valence-electron chi connectivity index (χ1n) is 9.11. The average Bonchev–Trinajstić information content (AvgIpc) is 3.15. The molecule has 1 saturated carbocycles. The molecule has 1 amide bonds. The van der Waals surface area contributed by atoms with Gasteiger partial charge in [-0.25, -0.2) is 4.68 Å². The summed E-state index contributed by atoms with van der Waals surface area (Å²) in [6.45, 7) is 4.91. The second-order valence-electron chi connectivity index (χ2n) is 7.47. The van der Waals surface area contributed by atoms with Crippen molar-refractivity contribution in [2.45, 2.75) is 45.1 Å². The van der Waals surface area contributed by atoms with E-state index >= 15 is 0 Å². The topological polar surface area (TPSA) is 59.4 Å². The number of methoxy groups -OCH3 is 1. The first kappa shape index (κ1) is 17.4. The Bertz CT molecular complexity index is 563. The van der Waals surface area contributed by atoms with Gasteiger partial charge in [-0.3, -0.25) is 4.79 Å². The maximum atomic E-state index is 12.7. The first-order chi connectivity index (χ1) is 11.6. The van der Waals surface area contributed by atoms with Crippen molar-refractivity contribution in [3.05, 3.63) is 11.8 Å². The van der Waals surface area contributed by atoms with Gasteiger partial charge in [0.1, 0.15) is 5.82 Å². The number of carbonyl (C=O) groups excluding carboxylic acids is 1. The number of hydrogen-bond acceptors (Lipinski definition) is 4. The van der Waals surface area contributed by atoms with Crippen LogP contribution in [0.1, 0.15) is 43.8 Å². The molecule has 0 aromatic carbocycles. The highest BCUT2D eigenvalue weighted by atomic mass is 16.5. The van der Waals surface area contributed by atoms with E-state index in [9.17, 15) is 4.79 Å². The van der Waals surface area contributed by atoms with Crippen molar-refractivity contribution >= 4 is 11.7 Å². The van der Waals surface area contributed by atoms with Crippen LogP contribution in [0.4, 0.5) is 5.82 Å². The van der Waals surface area contributed by atoms with Gasteiger partial charge in [0, 0.05) is 25.7 Å². The van der Waals surface area contributed by atoms with Crippen LogP contribution < -0.4 is 5.32 Å². The van der Waals surface area contributed by atoms with E-state index < -0.39 is 0 Å². The van der Waals surface area contributed by atoms with Crippen LogP contribution in [0.3, 0.4) is 0 Å². The van der Waals surface area contributed by atoms with E-state index in [-0.39, 0.29) is 11.8 Å². The maximum absolute atomic E-state index is 12.7. The maximum Gasteiger partial charge on any atom is 0.228 e. The van der Waals surface area contributed by atoms with E-state index in [0.717, 1.165) is 63.3 Å². The standard InChI is InChI=1S/C18H30N4O2/c1-13-10-17(22(20-13)16-6-8-21(2)9-7-16)19-18(23)15-5-4-14(11-15)12-24-3/h10,14-16H,4-9,11-12H2,1-3H3,(H,19,23)/t14-,15+/m1/s1. The monoisotopic (exact) mass is 334 g/mol. The van der Waals surface area contributed by atoms with Gasteiger partial charge in [-0.15, -0.1) is 0 Å². The number of amides is 1. The molecule has 6 nitrogen and oxygen atoms in total. The SMILES string of the molecule is COC[C@@H]1CC[C@H](C(=O)Nc2cc(C)nn2C2CCN(C)CC2)C1. The lowest BCUT2D eigenvalue weighted by Crippen LogP contribution is -2.33. The Morgan fingerprint density at radius 2 is 2.08 bits per heavy atom. The molecule has 2 heterocycles. The molecule has 1 aromatic rings. The summed E-state index contributed by atoms with van der Waals surface area (Å²) in [5.74, 6) is 1.63. The third-order valence-corrected chi connectivity index (χ3v) is 5.46. The number of nitrogens with one attached hydrogen (secondary N) is 1.